The molecule has 20 heavy (non-hydrogen) atoms. The number of anilines is 1. The lowest BCUT2D eigenvalue weighted by molar-refractivity contribution is 0.0946. The van der Waals surface area contributed by atoms with Crippen molar-refractivity contribution >= 4 is 11.6 Å². The zero-order valence-electron chi connectivity index (χ0n) is 12.0. The van der Waals surface area contributed by atoms with Crippen LogP contribution in [0.15, 0.2) is 18.3 Å². The SMILES string of the molecule is CCN1CCN(c2ccnc(C(=O)NC3CC3)c2)CC1. The maximum atomic E-state index is 12.0. The number of pyridine rings is 1. The topological polar surface area (TPSA) is 48.5 Å². The number of nitrogens with zero attached hydrogens (tertiary/aromatic N) is 3. The van der Waals surface area contributed by atoms with Crippen LogP contribution in [-0.2, 0) is 0 Å². The van der Waals surface area contributed by atoms with Gasteiger partial charge in [0.05, 0.1) is 0 Å². The van der Waals surface area contributed by atoms with Crippen LogP contribution in [0.25, 0.3) is 0 Å². The monoisotopic (exact) mass is 274 g/mol. The molecule has 3 rings (SSSR count). The van der Waals surface area contributed by atoms with Crippen molar-refractivity contribution in [1.82, 2.24) is 15.2 Å². The van der Waals surface area contributed by atoms with Gasteiger partial charge in [-0.25, -0.2) is 0 Å². The Morgan fingerprint density at radius 2 is 2.10 bits per heavy atom. The van der Waals surface area contributed by atoms with Gasteiger partial charge in [0.2, 0.25) is 0 Å². The Hall–Kier alpha value is -1.62. The maximum absolute atomic E-state index is 12.0. The minimum Gasteiger partial charge on any atom is -0.369 e. The van der Waals surface area contributed by atoms with Crippen LogP contribution in [-0.4, -0.2) is 54.6 Å². The Labute approximate surface area is 120 Å². The molecule has 1 aliphatic carbocycles. The smallest absolute Gasteiger partial charge is 0.270 e. The molecule has 1 saturated carbocycles. The highest BCUT2D eigenvalue weighted by Gasteiger charge is 2.24. The molecule has 1 N–H and O–H groups in total. The third-order valence-electron chi connectivity index (χ3n) is 4.07. The second-order valence-electron chi connectivity index (χ2n) is 5.57. The summed E-state index contributed by atoms with van der Waals surface area (Å²) in [7, 11) is 0. The molecule has 2 aliphatic rings. The van der Waals surface area contributed by atoms with Crippen LogP contribution in [0, 0.1) is 0 Å². The fourth-order valence-corrected chi connectivity index (χ4v) is 2.55. The number of carbonyl (C=O) groups is 1. The Morgan fingerprint density at radius 1 is 1.35 bits per heavy atom. The molecule has 2 heterocycles. The first-order valence-electron chi connectivity index (χ1n) is 7.50. The molecule has 1 aliphatic heterocycles. The molecule has 0 aromatic carbocycles. The zero-order valence-corrected chi connectivity index (χ0v) is 12.0. The van der Waals surface area contributed by atoms with E-state index in [1.807, 2.05) is 12.1 Å². The quantitative estimate of drug-likeness (QED) is 0.894. The molecule has 0 radical (unpaired) electrons. The minimum absolute atomic E-state index is 0.0402. The molecule has 2 fully saturated rings. The highest BCUT2D eigenvalue weighted by molar-refractivity contribution is 5.93. The van der Waals surface area contributed by atoms with Crippen molar-refractivity contribution < 1.29 is 4.79 Å². The molecule has 1 amide bonds. The van der Waals surface area contributed by atoms with Crippen molar-refractivity contribution in [1.29, 1.82) is 0 Å². The summed E-state index contributed by atoms with van der Waals surface area (Å²) in [5, 5.41) is 2.99. The predicted molar refractivity (Wildman–Crippen MR) is 79.1 cm³/mol. The van der Waals surface area contributed by atoms with Crippen molar-refractivity contribution in [3.05, 3.63) is 24.0 Å². The summed E-state index contributed by atoms with van der Waals surface area (Å²) < 4.78 is 0. The van der Waals surface area contributed by atoms with Crippen LogP contribution in [0.4, 0.5) is 5.69 Å². The van der Waals surface area contributed by atoms with Gasteiger partial charge in [-0.3, -0.25) is 9.78 Å². The summed E-state index contributed by atoms with van der Waals surface area (Å²) in [6.07, 6.45) is 3.94. The van der Waals surface area contributed by atoms with E-state index in [0.29, 0.717) is 11.7 Å². The average Bonchev–Trinajstić information content (AvgIpc) is 3.31. The third-order valence-corrected chi connectivity index (χ3v) is 4.07. The second kappa shape index (κ2) is 5.79. The number of hydrogen-bond acceptors (Lipinski definition) is 4. The standard InChI is InChI=1S/C15H22N4O/c1-2-18-7-9-19(10-8-18)13-5-6-16-14(11-13)15(20)17-12-3-4-12/h5-6,11-12H,2-4,7-10H2,1H3,(H,17,20). The second-order valence-corrected chi connectivity index (χ2v) is 5.57. The highest BCUT2D eigenvalue weighted by Crippen LogP contribution is 2.20. The van der Waals surface area contributed by atoms with E-state index in [4.69, 9.17) is 0 Å². The van der Waals surface area contributed by atoms with Gasteiger partial charge >= 0.3 is 0 Å². The number of amides is 1. The third kappa shape index (κ3) is 3.10. The van der Waals surface area contributed by atoms with E-state index in [2.05, 4.69) is 27.0 Å². The van der Waals surface area contributed by atoms with Crippen LogP contribution < -0.4 is 10.2 Å². The molecule has 1 aromatic heterocycles. The molecule has 0 atom stereocenters. The van der Waals surface area contributed by atoms with Crippen molar-refractivity contribution in [3.63, 3.8) is 0 Å². The van der Waals surface area contributed by atoms with Crippen LogP contribution >= 0.6 is 0 Å². The van der Waals surface area contributed by atoms with Crippen molar-refractivity contribution in [2.75, 3.05) is 37.6 Å². The van der Waals surface area contributed by atoms with E-state index in [9.17, 15) is 4.79 Å². The molecule has 5 nitrogen and oxygen atoms in total. The first-order chi connectivity index (χ1) is 9.76. The fourth-order valence-electron chi connectivity index (χ4n) is 2.55. The van der Waals surface area contributed by atoms with Gasteiger partial charge in [-0.15, -0.1) is 0 Å². The summed E-state index contributed by atoms with van der Waals surface area (Å²) in [5.41, 5.74) is 1.64. The lowest BCUT2D eigenvalue weighted by Gasteiger charge is -2.35. The van der Waals surface area contributed by atoms with E-state index in [1.165, 1.54) is 0 Å². The van der Waals surface area contributed by atoms with Crippen LogP contribution in [0.1, 0.15) is 30.3 Å². The van der Waals surface area contributed by atoms with Gasteiger partial charge in [0.15, 0.2) is 0 Å². The predicted octanol–water partition coefficient (Wildman–Crippen LogP) is 1.12. The molecule has 108 valence electrons. The summed E-state index contributed by atoms with van der Waals surface area (Å²) in [4.78, 5) is 21.0. The molecule has 1 saturated heterocycles. The number of likely N-dealkylation sites (N-methyl/N-ethyl adjacent to an activating group) is 1. The van der Waals surface area contributed by atoms with Crippen LogP contribution in [0.2, 0.25) is 0 Å². The highest BCUT2D eigenvalue weighted by atomic mass is 16.2. The number of nitrogens with one attached hydrogen (secondary N) is 1. The van der Waals surface area contributed by atoms with E-state index >= 15 is 0 Å². The maximum Gasteiger partial charge on any atom is 0.270 e. The number of piperazine rings is 1. The molecule has 0 bridgehead atoms. The molecular weight excluding hydrogens is 252 g/mol. The zero-order chi connectivity index (χ0) is 13.9. The van der Waals surface area contributed by atoms with E-state index in [1.54, 1.807) is 6.20 Å². The summed E-state index contributed by atoms with van der Waals surface area (Å²) >= 11 is 0. The Kier molecular flexibility index (Phi) is 3.87. The normalized spacial score (nSPS) is 19.9. The number of aromatic nitrogens is 1. The van der Waals surface area contributed by atoms with Gasteiger partial charge in [0, 0.05) is 44.1 Å². The van der Waals surface area contributed by atoms with Gasteiger partial charge < -0.3 is 15.1 Å². The first-order valence-corrected chi connectivity index (χ1v) is 7.50. The minimum atomic E-state index is -0.0402. The summed E-state index contributed by atoms with van der Waals surface area (Å²) in [6, 6.07) is 4.29. The lowest BCUT2D eigenvalue weighted by Crippen LogP contribution is -2.46. The summed E-state index contributed by atoms with van der Waals surface area (Å²) in [6.45, 7) is 7.51. The van der Waals surface area contributed by atoms with E-state index in [0.717, 1.165) is 51.3 Å². The number of rotatable bonds is 4. The van der Waals surface area contributed by atoms with Gasteiger partial charge in [-0.05, 0) is 31.5 Å². The Balaban J connectivity index is 1.66. The van der Waals surface area contributed by atoms with Gasteiger partial charge in [-0.1, -0.05) is 6.92 Å². The van der Waals surface area contributed by atoms with Crippen LogP contribution in [0.5, 0.6) is 0 Å². The molecule has 5 heteroatoms. The van der Waals surface area contributed by atoms with Crippen molar-refractivity contribution in [3.8, 4) is 0 Å². The number of hydrogen-bond donors (Lipinski definition) is 1. The van der Waals surface area contributed by atoms with Crippen LogP contribution in [0.3, 0.4) is 0 Å². The fraction of sp³-hybridized carbons (Fsp3) is 0.600. The Bertz CT molecular complexity index is 479. The molecule has 0 spiro atoms. The average molecular weight is 274 g/mol. The summed E-state index contributed by atoms with van der Waals surface area (Å²) in [5.74, 6) is -0.0402. The van der Waals surface area contributed by atoms with Crippen molar-refractivity contribution in [2.45, 2.75) is 25.8 Å². The van der Waals surface area contributed by atoms with E-state index in [-0.39, 0.29) is 5.91 Å². The van der Waals surface area contributed by atoms with E-state index < -0.39 is 0 Å². The molecular formula is C15H22N4O. The lowest BCUT2D eigenvalue weighted by atomic mass is 10.2. The van der Waals surface area contributed by atoms with Crippen molar-refractivity contribution in [2.24, 2.45) is 0 Å². The molecule has 0 unspecified atom stereocenters. The number of carbonyl (C=O) groups excluding carboxylic acids is 1. The van der Waals surface area contributed by atoms with Gasteiger partial charge in [0.1, 0.15) is 5.69 Å². The Morgan fingerprint density at radius 3 is 2.75 bits per heavy atom. The van der Waals surface area contributed by atoms with Gasteiger partial charge in [0.25, 0.3) is 5.91 Å². The first kappa shape index (κ1) is 13.4. The largest absolute Gasteiger partial charge is 0.369 e. The molecule has 1 aromatic rings. The van der Waals surface area contributed by atoms with Gasteiger partial charge in [-0.2, -0.15) is 0 Å².